The van der Waals surface area contributed by atoms with Gasteiger partial charge in [-0.1, -0.05) is 67.3 Å². The molecule has 0 amide bonds. The zero-order valence-electron chi connectivity index (χ0n) is 12.3. The van der Waals surface area contributed by atoms with Gasteiger partial charge in [0.1, 0.15) is 0 Å². The van der Waals surface area contributed by atoms with Gasteiger partial charge in [-0.25, -0.2) is 0 Å². The van der Waals surface area contributed by atoms with Crippen LogP contribution in [0.3, 0.4) is 0 Å². The Morgan fingerprint density at radius 3 is 2.30 bits per heavy atom. The third-order valence-electron chi connectivity index (χ3n) is 3.12. The minimum Gasteiger partial charge on any atom is -0.268 e. The number of hydrogen-bond acceptors (Lipinski definition) is 2. The predicted molar refractivity (Wildman–Crippen MR) is 88.6 cm³/mol. The molecule has 0 radical (unpaired) electrons. The van der Waals surface area contributed by atoms with Crippen LogP contribution in [0.2, 0.25) is 0 Å². The highest BCUT2D eigenvalue weighted by molar-refractivity contribution is 7.14. The lowest BCUT2D eigenvalue weighted by Gasteiger charge is -2.03. The van der Waals surface area contributed by atoms with Gasteiger partial charge in [-0.3, -0.25) is 8.75 Å². The van der Waals surface area contributed by atoms with E-state index in [0.29, 0.717) is 0 Å². The van der Waals surface area contributed by atoms with Gasteiger partial charge in [-0.15, -0.1) is 0 Å². The van der Waals surface area contributed by atoms with E-state index in [4.69, 9.17) is 0 Å². The van der Waals surface area contributed by atoms with Crippen molar-refractivity contribution >= 4 is 21.6 Å². The first-order chi connectivity index (χ1) is 9.66. The molecule has 0 saturated heterocycles. The number of fused-ring (bicyclic) bond motifs is 1. The van der Waals surface area contributed by atoms with E-state index in [1.807, 2.05) is 33.0 Å². The fourth-order valence-electron chi connectivity index (χ4n) is 2.11. The number of nitrogens with zero attached hydrogens (tertiary/aromatic N) is 1. The highest BCUT2D eigenvalue weighted by Gasteiger charge is 2.09. The summed E-state index contributed by atoms with van der Waals surface area (Å²) in [5.74, 6) is 0. The number of aromatic nitrogens is 1. The molecular weight excluding hydrogens is 266 g/mol. The maximum Gasteiger partial charge on any atom is 0.268 e. The molecule has 3 aromatic rings. The Bertz CT molecular complexity index is 766. The summed E-state index contributed by atoms with van der Waals surface area (Å²) in [6, 6.07) is 14.3. The molecule has 0 bridgehead atoms. The van der Waals surface area contributed by atoms with Gasteiger partial charge in [0, 0.05) is 12.6 Å². The van der Waals surface area contributed by atoms with Crippen molar-refractivity contribution in [2.75, 3.05) is 0 Å². The summed E-state index contributed by atoms with van der Waals surface area (Å²) in [6.07, 6.45) is 0. The average Bonchev–Trinajstić information content (AvgIpc) is 2.78. The Balaban J connectivity index is 0.000000704. The monoisotopic (exact) mass is 285 g/mol. The molecule has 0 aliphatic rings. The van der Waals surface area contributed by atoms with Crippen LogP contribution in [0.4, 0.5) is 0 Å². The van der Waals surface area contributed by atoms with Crippen LogP contribution in [0.1, 0.15) is 19.4 Å². The quantitative estimate of drug-likeness (QED) is 0.640. The molecule has 1 heterocycles. The molecule has 0 unspecified atom stereocenters. The molecule has 3 heteroatoms. The molecule has 0 spiro atoms. The topological polar surface area (TPSA) is 22.0 Å². The second-order valence-corrected chi connectivity index (χ2v) is 5.58. The smallest absolute Gasteiger partial charge is 0.268 e. The summed E-state index contributed by atoms with van der Waals surface area (Å²) in [5, 5.41) is 0.806. The van der Waals surface area contributed by atoms with Crippen LogP contribution in [0.25, 0.3) is 21.2 Å². The molecule has 1 aromatic heterocycles. The first-order valence-corrected chi connectivity index (χ1v) is 7.60. The van der Waals surface area contributed by atoms with E-state index in [2.05, 4.69) is 37.3 Å². The molecule has 104 valence electrons. The summed E-state index contributed by atoms with van der Waals surface area (Å²) in [7, 11) is 1.81. The van der Waals surface area contributed by atoms with Crippen LogP contribution in [0.5, 0.6) is 0 Å². The fraction of sp³-hybridized carbons (Fsp3) is 0.235. The van der Waals surface area contributed by atoms with E-state index in [9.17, 15) is 4.79 Å². The van der Waals surface area contributed by atoms with Gasteiger partial charge in [0.25, 0.3) is 5.56 Å². The summed E-state index contributed by atoms with van der Waals surface area (Å²) >= 11 is 1.51. The molecule has 0 atom stereocenters. The van der Waals surface area contributed by atoms with Gasteiger partial charge in [0.05, 0.1) is 10.1 Å². The molecule has 0 fully saturated rings. The third kappa shape index (κ3) is 2.54. The molecule has 20 heavy (non-hydrogen) atoms. The summed E-state index contributed by atoms with van der Waals surface area (Å²) < 4.78 is 2.75. The van der Waals surface area contributed by atoms with Crippen LogP contribution < -0.4 is 5.56 Å². The Morgan fingerprint density at radius 1 is 1.00 bits per heavy atom. The molecule has 0 aliphatic carbocycles. The lowest BCUT2D eigenvalue weighted by molar-refractivity contribution is 0.989. The summed E-state index contributed by atoms with van der Waals surface area (Å²) in [5.41, 5.74) is 3.62. The Morgan fingerprint density at radius 2 is 1.65 bits per heavy atom. The fourth-order valence-corrected chi connectivity index (χ4v) is 3.11. The van der Waals surface area contributed by atoms with E-state index >= 15 is 0 Å². The standard InChI is InChI=1S/C15H13NOS.C2H6/c1-10-6-8-11(9-7-10)12-4-3-5-13-14(12)18-16(2)15(13)17;1-2/h3-9H,1-2H3;1-2H3. The Kier molecular flexibility index (Phi) is 4.40. The lowest BCUT2D eigenvalue weighted by Crippen LogP contribution is -2.07. The van der Waals surface area contributed by atoms with Crippen LogP contribution in [-0.2, 0) is 7.05 Å². The van der Waals surface area contributed by atoms with Crippen LogP contribution in [-0.4, -0.2) is 3.96 Å². The zero-order chi connectivity index (χ0) is 14.7. The van der Waals surface area contributed by atoms with E-state index < -0.39 is 0 Å². The van der Waals surface area contributed by atoms with Crippen LogP contribution >= 0.6 is 11.5 Å². The molecule has 2 aromatic carbocycles. The van der Waals surface area contributed by atoms with Crippen molar-refractivity contribution in [3.8, 4) is 11.1 Å². The SMILES string of the molecule is CC.Cc1ccc(-c2cccc3c(=O)n(C)sc23)cc1. The highest BCUT2D eigenvalue weighted by atomic mass is 32.1. The number of rotatable bonds is 1. The number of hydrogen-bond donors (Lipinski definition) is 0. The van der Waals surface area contributed by atoms with Crippen molar-refractivity contribution < 1.29 is 0 Å². The van der Waals surface area contributed by atoms with Crippen molar-refractivity contribution in [3.05, 3.63) is 58.4 Å². The Hall–Kier alpha value is -1.87. The molecule has 2 nitrogen and oxygen atoms in total. The molecular formula is C17H19NOS. The van der Waals surface area contributed by atoms with Crippen molar-refractivity contribution in [2.45, 2.75) is 20.8 Å². The van der Waals surface area contributed by atoms with Gasteiger partial charge in [0.15, 0.2) is 0 Å². The van der Waals surface area contributed by atoms with E-state index in [1.165, 1.54) is 17.1 Å². The minimum absolute atomic E-state index is 0.0870. The van der Waals surface area contributed by atoms with Gasteiger partial charge in [0.2, 0.25) is 0 Å². The molecule has 3 rings (SSSR count). The first kappa shape index (κ1) is 14.5. The highest BCUT2D eigenvalue weighted by Crippen LogP contribution is 2.30. The van der Waals surface area contributed by atoms with Crippen LogP contribution in [0, 0.1) is 6.92 Å². The first-order valence-electron chi connectivity index (χ1n) is 6.83. The Labute approximate surface area is 123 Å². The minimum atomic E-state index is 0.0870. The molecule has 0 aliphatic heterocycles. The van der Waals surface area contributed by atoms with Gasteiger partial charge < -0.3 is 0 Å². The summed E-state index contributed by atoms with van der Waals surface area (Å²) in [4.78, 5) is 11.9. The van der Waals surface area contributed by atoms with Crippen molar-refractivity contribution in [2.24, 2.45) is 7.05 Å². The van der Waals surface area contributed by atoms with Crippen LogP contribution in [0.15, 0.2) is 47.3 Å². The van der Waals surface area contributed by atoms with E-state index in [0.717, 1.165) is 21.2 Å². The maximum atomic E-state index is 11.9. The lowest BCUT2D eigenvalue weighted by atomic mass is 10.0. The van der Waals surface area contributed by atoms with E-state index in [1.54, 1.807) is 3.96 Å². The third-order valence-corrected chi connectivity index (χ3v) is 4.18. The number of benzene rings is 2. The largest absolute Gasteiger partial charge is 0.268 e. The average molecular weight is 285 g/mol. The van der Waals surface area contributed by atoms with Crippen molar-refractivity contribution in [3.63, 3.8) is 0 Å². The second kappa shape index (κ2) is 6.06. The summed E-state index contributed by atoms with van der Waals surface area (Å²) in [6.45, 7) is 6.07. The predicted octanol–water partition coefficient (Wildman–Crippen LogP) is 4.60. The van der Waals surface area contributed by atoms with E-state index in [-0.39, 0.29) is 5.56 Å². The molecule has 0 saturated carbocycles. The van der Waals surface area contributed by atoms with Gasteiger partial charge in [-0.05, 0) is 18.6 Å². The second-order valence-electron chi connectivity index (χ2n) is 4.44. The van der Waals surface area contributed by atoms with Gasteiger partial charge >= 0.3 is 0 Å². The van der Waals surface area contributed by atoms with Gasteiger partial charge in [-0.2, -0.15) is 0 Å². The zero-order valence-corrected chi connectivity index (χ0v) is 13.1. The maximum absolute atomic E-state index is 11.9. The normalized spacial score (nSPS) is 10.2. The number of aryl methyl sites for hydroxylation is 2. The van der Waals surface area contributed by atoms with Crippen molar-refractivity contribution in [1.29, 1.82) is 0 Å². The molecule has 0 N–H and O–H groups in total. The van der Waals surface area contributed by atoms with Crippen molar-refractivity contribution in [1.82, 2.24) is 3.96 Å².